The Balaban J connectivity index is 4.67. The summed E-state index contributed by atoms with van der Waals surface area (Å²) in [5.41, 5.74) is 5.72. The number of nitrogens with zero attached hydrogens (tertiary/aromatic N) is 1. The van der Waals surface area contributed by atoms with E-state index in [2.05, 4.69) is 6.58 Å². The highest BCUT2D eigenvalue weighted by Gasteiger charge is 1.93. The third kappa shape index (κ3) is 3.21. The molecule has 0 aromatic heterocycles. The van der Waals surface area contributed by atoms with E-state index in [0.29, 0.717) is 5.57 Å². The van der Waals surface area contributed by atoms with Crippen molar-refractivity contribution in [3.63, 3.8) is 0 Å². The molecule has 0 fully saturated rings. The normalized spacial score (nSPS) is 13.4. The molecule has 0 aliphatic carbocycles. The van der Waals surface area contributed by atoms with Crippen LogP contribution in [0.2, 0.25) is 0 Å². The Morgan fingerprint density at radius 2 is 2.27 bits per heavy atom. The smallest absolute Gasteiger partial charge is 0.124 e. The Morgan fingerprint density at radius 3 is 2.64 bits per heavy atom. The molecule has 2 N–H and O–H groups in total. The molecule has 0 unspecified atom stereocenters. The van der Waals surface area contributed by atoms with Crippen LogP contribution in [0.15, 0.2) is 35.8 Å². The van der Waals surface area contributed by atoms with Gasteiger partial charge in [-0.1, -0.05) is 6.58 Å². The summed E-state index contributed by atoms with van der Waals surface area (Å²) in [6.45, 7) is 4.71. The highest BCUT2D eigenvalue weighted by molar-refractivity contribution is 5.33. The second-order valence-electron chi connectivity index (χ2n) is 1.93. The van der Waals surface area contributed by atoms with Crippen molar-refractivity contribution in [2.45, 2.75) is 6.92 Å². The number of hydrogen-bond donors (Lipinski definition) is 1. The topological polar surface area (TPSA) is 49.8 Å². The first kappa shape index (κ1) is 9.44. The summed E-state index contributed by atoms with van der Waals surface area (Å²) >= 11 is 0. The van der Waals surface area contributed by atoms with Crippen molar-refractivity contribution in [2.75, 3.05) is 0 Å². The zero-order valence-electron chi connectivity index (χ0n) is 6.26. The molecule has 0 saturated carbocycles. The molecule has 0 amide bonds. The van der Waals surface area contributed by atoms with E-state index in [9.17, 15) is 4.39 Å². The molecule has 0 spiro atoms. The molecule has 58 valence electrons. The van der Waals surface area contributed by atoms with Crippen LogP contribution < -0.4 is 5.73 Å². The lowest BCUT2D eigenvalue weighted by atomic mass is 10.2. The molecular formula is C8H9FN2. The predicted octanol–water partition coefficient (Wildman–Crippen LogP) is 1.78. The first-order chi connectivity index (χ1) is 5.11. The van der Waals surface area contributed by atoms with Gasteiger partial charge in [-0.15, -0.1) is 0 Å². The van der Waals surface area contributed by atoms with E-state index in [-0.39, 0.29) is 5.70 Å². The van der Waals surface area contributed by atoms with E-state index >= 15 is 0 Å². The molecule has 0 atom stereocenters. The van der Waals surface area contributed by atoms with Crippen LogP contribution in [0.25, 0.3) is 0 Å². The molecule has 0 rings (SSSR count). The van der Waals surface area contributed by atoms with Crippen molar-refractivity contribution in [3.8, 4) is 6.07 Å². The quantitative estimate of drug-likeness (QED) is 0.484. The van der Waals surface area contributed by atoms with Crippen LogP contribution in [0.1, 0.15) is 6.92 Å². The maximum atomic E-state index is 12.4. The minimum absolute atomic E-state index is 0.130. The monoisotopic (exact) mass is 152 g/mol. The van der Waals surface area contributed by atoms with Crippen LogP contribution in [0.5, 0.6) is 0 Å². The van der Waals surface area contributed by atoms with Crippen LogP contribution in [-0.4, -0.2) is 0 Å². The second-order valence-corrected chi connectivity index (χ2v) is 1.93. The number of nitriles is 1. The van der Waals surface area contributed by atoms with Gasteiger partial charge in [0.2, 0.25) is 0 Å². The van der Waals surface area contributed by atoms with Gasteiger partial charge >= 0.3 is 0 Å². The van der Waals surface area contributed by atoms with E-state index in [1.54, 1.807) is 6.07 Å². The Morgan fingerprint density at radius 1 is 1.73 bits per heavy atom. The zero-order valence-corrected chi connectivity index (χ0v) is 6.26. The Bertz CT molecular complexity index is 256. The molecule has 11 heavy (non-hydrogen) atoms. The maximum Gasteiger partial charge on any atom is 0.124 e. The molecule has 0 radical (unpaired) electrons. The minimum Gasteiger partial charge on any atom is -0.398 e. The number of allylic oxidation sites excluding steroid dienone is 4. The number of halogens is 1. The van der Waals surface area contributed by atoms with Gasteiger partial charge in [0.25, 0.3) is 0 Å². The highest BCUT2D eigenvalue weighted by Crippen LogP contribution is 2.03. The molecule has 0 heterocycles. The minimum atomic E-state index is -0.544. The predicted molar refractivity (Wildman–Crippen MR) is 41.9 cm³/mol. The molecular weight excluding hydrogens is 143 g/mol. The number of hydrogen-bond acceptors (Lipinski definition) is 2. The van der Waals surface area contributed by atoms with E-state index in [0.717, 1.165) is 12.2 Å². The fourth-order valence-corrected chi connectivity index (χ4v) is 0.380. The van der Waals surface area contributed by atoms with Crippen LogP contribution >= 0.6 is 0 Å². The van der Waals surface area contributed by atoms with Crippen molar-refractivity contribution in [1.29, 1.82) is 5.26 Å². The van der Waals surface area contributed by atoms with Gasteiger partial charge in [-0.3, -0.25) is 0 Å². The maximum absolute atomic E-state index is 12.4. The average molecular weight is 152 g/mol. The largest absolute Gasteiger partial charge is 0.398 e. The Kier molecular flexibility index (Phi) is 3.68. The second kappa shape index (κ2) is 4.29. The summed E-state index contributed by atoms with van der Waals surface area (Å²) in [4.78, 5) is 0. The van der Waals surface area contributed by atoms with Crippen molar-refractivity contribution in [1.82, 2.24) is 0 Å². The Hall–Kier alpha value is -1.56. The van der Waals surface area contributed by atoms with Crippen molar-refractivity contribution >= 4 is 0 Å². The molecule has 3 heteroatoms. The van der Waals surface area contributed by atoms with Gasteiger partial charge in [0, 0.05) is 11.3 Å². The Labute approximate surface area is 65.1 Å². The molecule has 0 aromatic carbocycles. The van der Waals surface area contributed by atoms with Gasteiger partial charge in [-0.05, 0) is 19.1 Å². The average Bonchev–Trinajstić information content (AvgIpc) is 2.02. The lowest BCUT2D eigenvalue weighted by Gasteiger charge is -1.92. The van der Waals surface area contributed by atoms with Gasteiger partial charge in [0.05, 0.1) is 6.07 Å². The van der Waals surface area contributed by atoms with Crippen molar-refractivity contribution < 1.29 is 4.39 Å². The molecule has 2 nitrogen and oxygen atoms in total. The lowest BCUT2D eigenvalue weighted by molar-refractivity contribution is 0.666. The standard InChI is InChI=1S/C8H9FN2/c1-3-7(9)4-8(11)6(2)5-10/h3-4H,1,11H2,2H3/b7-4+,8-6-. The summed E-state index contributed by atoms with van der Waals surface area (Å²) < 4.78 is 12.4. The van der Waals surface area contributed by atoms with Gasteiger partial charge < -0.3 is 5.73 Å². The van der Waals surface area contributed by atoms with E-state index in [4.69, 9.17) is 11.0 Å². The summed E-state index contributed by atoms with van der Waals surface area (Å²) in [6, 6.07) is 1.80. The van der Waals surface area contributed by atoms with Crippen molar-refractivity contribution in [2.24, 2.45) is 5.73 Å². The molecule has 0 aliphatic heterocycles. The molecule has 0 aromatic rings. The summed E-state index contributed by atoms with van der Waals surface area (Å²) in [5.74, 6) is -0.544. The lowest BCUT2D eigenvalue weighted by Crippen LogP contribution is -1.96. The fraction of sp³-hybridized carbons (Fsp3) is 0.125. The third-order valence-electron chi connectivity index (χ3n) is 1.09. The summed E-state index contributed by atoms with van der Waals surface area (Å²) in [6.07, 6.45) is 2.09. The SMILES string of the molecule is C=C/C(F)=C\C(N)=C(/C)C#N. The number of nitrogens with two attached hydrogens (primary N) is 1. The van der Waals surface area contributed by atoms with Crippen molar-refractivity contribution in [3.05, 3.63) is 35.8 Å². The highest BCUT2D eigenvalue weighted by atomic mass is 19.1. The van der Waals surface area contributed by atoms with Crippen LogP contribution in [0.4, 0.5) is 4.39 Å². The summed E-state index contributed by atoms with van der Waals surface area (Å²) in [5, 5.41) is 8.33. The van der Waals surface area contributed by atoms with Crippen LogP contribution in [0, 0.1) is 11.3 Å². The van der Waals surface area contributed by atoms with Crippen LogP contribution in [0.3, 0.4) is 0 Å². The molecule has 0 aliphatic rings. The van der Waals surface area contributed by atoms with E-state index in [1.165, 1.54) is 6.92 Å². The van der Waals surface area contributed by atoms with Gasteiger partial charge in [0.15, 0.2) is 0 Å². The van der Waals surface area contributed by atoms with Crippen LogP contribution in [-0.2, 0) is 0 Å². The third-order valence-corrected chi connectivity index (χ3v) is 1.09. The molecule has 0 saturated heterocycles. The van der Waals surface area contributed by atoms with Gasteiger partial charge in [-0.25, -0.2) is 4.39 Å². The summed E-state index contributed by atoms with van der Waals surface area (Å²) in [7, 11) is 0. The number of rotatable bonds is 2. The zero-order chi connectivity index (χ0) is 8.85. The fourth-order valence-electron chi connectivity index (χ4n) is 0.380. The van der Waals surface area contributed by atoms with Gasteiger partial charge in [0.1, 0.15) is 5.83 Å². The van der Waals surface area contributed by atoms with E-state index in [1.807, 2.05) is 0 Å². The first-order valence-corrected chi connectivity index (χ1v) is 2.98. The first-order valence-electron chi connectivity index (χ1n) is 2.98. The van der Waals surface area contributed by atoms with Gasteiger partial charge in [-0.2, -0.15) is 5.26 Å². The molecule has 0 bridgehead atoms. The van der Waals surface area contributed by atoms with E-state index < -0.39 is 5.83 Å².